The zero-order valence-corrected chi connectivity index (χ0v) is 12.7. The molecule has 0 fully saturated rings. The Morgan fingerprint density at radius 3 is 2.48 bits per heavy atom. The normalized spacial score (nSPS) is 12.6. The Kier molecular flexibility index (Phi) is 5.82. The van der Waals surface area contributed by atoms with Crippen LogP contribution in [0.2, 0.25) is 0 Å². The molecule has 0 aliphatic rings. The first kappa shape index (κ1) is 16.0. The molecule has 0 radical (unpaired) electrons. The van der Waals surface area contributed by atoms with Gasteiger partial charge in [-0.2, -0.15) is 0 Å². The zero-order chi connectivity index (χ0) is 15.2. The van der Waals surface area contributed by atoms with Crippen molar-refractivity contribution in [2.45, 2.75) is 32.2 Å². The van der Waals surface area contributed by atoms with E-state index >= 15 is 0 Å². The van der Waals surface area contributed by atoms with E-state index in [9.17, 15) is 13.2 Å². The first-order valence-corrected chi connectivity index (χ1v) is 7.90. The van der Waals surface area contributed by atoms with Crippen molar-refractivity contribution < 1.29 is 13.2 Å². The number of benzene rings is 1. The second kappa shape index (κ2) is 7.61. The Morgan fingerprint density at radius 2 is 1.90 bits per heavy atom. The Hall–Kier alpha value is -1.33. The minimum absolute atomic E-state index is 0.184. The first-order chi connectivity index (χ1) is 10.1. The van der Waals surface area contributed by atoms with Crippen LogP contribution in [0.3, 0.4) is 0 Å². The van der Waals surface area contributed by atoms with Gasteiger partial charge >= 0.3 is 0 Å². The number of halogens is 3. The highest BCUT2D eigenvalue weighted by molar-refractivity contribution is 7.09. The standard InChI is InChI=1S/C16H18F3NS/c1-2-7-20-15(6-5-12-4-3-8-21-12)11-9-13(17)16(19)14(18)10-11/h3-4,8-10,15,20H,2,5-7H2,1H3. The fourth-order valence-corrected chi connectivity index (χ4v) is 2.95. The quantitative estimate of drug-likeness (QED) is 0.721. The van der Waals surface area contributed by atoms with Gasteiger partial charge in [-0.1, -0.05) is 13.0 Å². The van der Waals surface area contributed by atoms with Crippen molar-refractivity contribution in [1.82, 2.24) is 5.32 Å². The fraction of sp³-hybridized carbons (Fsp3) is 0.375. The number of thiophene rings is 1. The Bertz CT molecular complexity index is 546. The van der Waals surface area contributed by atoms with Crippen LogP contribution in [-0.4, -0.2) is 6.54 Å². The van der Waals surface area contributed by atoms with Gasteiger partial charge in [0.15, 0.2) is 17.5 Å². The van der Waals surface area contributed by atoms with Crippen LogP contribution in [0, 0.1) is 17.5 Å². The topological polar surface area (TPSA) is 12.0 Å². The maximum absolute atomic E-state index is 13.4. The Balaban J connectivity index is 2.14. The van der Waals surface area contributed by atoms with Gasteiger partial charge in [0.25, 0.3) is 0 Å². The van der Waals surface area contributed by atoms with Gasteiger partial charge in [-0.3, -0.25) is 0 Å². The number of rotatable bonds is 7. The van der Waals surface area contributed by atoms with Crippen LogP contribution in [0.4, 0.5) is 13.2 Å². The maximum Gasteiger partial charge on any atom is 0.194 e. The highest BCUT2D eigenvalue weighted by Gasteiger charge is 2.17. The van der Waals surface area contributed by atoms with Crippen molar-refractivity contribution in [3.8, 4) is 0 Å². The molecule has 114 valence electrons. The van der Waals surface area contributed by atoms with E-state index < -0.39 is 17.5 Å². The first-order valence-electron chi connectivity index (χ1n) is 7.02. The number of hydrogen-bond donors (Lipinski definition) is 1. The molecule has 0 aliphatic carbocycles. The lowest BCUT2D eigenvalue weighted by Crippen LogP contribution is -2.23. The number of nitrogens with one attached hydrogen (secondary N) is 1. The van der Waals surface area contributed by atoms with Crippen molar-refractivity contribution >= 4 is 11.3 Å². The smallest absolute Gasteiger partial charge is 0.194 e. The summed E-state index contributed by atoms with van der Waals surface area (Å²) in [5.41, 5.74) is 0.455. The van der Waals surface area contributed by atoms with Gasteiger partial charge in [0, 0.05) is 10.9 Å². The van der Waals surface area contributed by atoms with Crippen LogP contribution >= 0.6 is 11.3 Å². The monoisotopic (exact) mass is 313 g/mol. The molecule has 0 aliphatic heterocycles. The Labute approximate surface area is 126 Å². The second-order valence-electron chi connectivity index (χ2n) is 4.92. The van der Waals surface area contributed by atoms with Gasteiger partial charge in [0.05, 0.1) is 0 Å². The molecule has 2 rings (SSSR count). The van der Waals surface area contributed by atoms with Crippen molar-refractivity contribution in [1.29, 1.82) is 0 Å². The van der Waals surface area contributed by atoms with Crippen LogP contribution < -0.4 is 5.32 Å². The summed E-state index contributed by atoms with van der Waals surface area (Å²) in [4.78, 5) is 1.22. The third-order valence-electron chi connectivity index (χ3n) is 3.31. The van der Waals surface area contributed by atoms with E-state index in [2.05, 4.69) is 5.32 Å². The molecule has 0 saturated heterocycles. The van der Waals surface area contributed by atoms with Crippen LogP contribution in [-0.2, 0) is 6.42 Å². The molecule has 1 nitrogen and oxygen atoms in total. The predicted molar refractivity (Wildman–Crippen MR) is 80.0 cm³/mol. The van der Waals surface area contributed by atoms with Crippen LogP contribution in [0.15, 0.2) is 29.6 Å². The summed E-state index contributed by atoms with van der Waals surface area (Å²) < 4.78 is 39.9. The number of hydrogen-bond acceptors (Lipinski definition) is 2. The minimum Gasteiger partial charge on any atom is -0.310 e. The molecule has 1 N–H and O–H groups in total. The van der Waals surface area contributed by atoms with Gasteiger partial charge in [0.1, 0.15) is 0 Å². The van der Waals surface area contributed by atoms with Gasteiger partial charge in [-0.25, -0.2) is 13.2 Å². The average Bonchev–Trinajstić information content (AvgIpc) is 2.97. The summed E-state index contributed by atoms with van der Waals surface area (Å²) in [6, 6.07) is 6.00. The van der Waals surface area contributed by atoms with E-state index in [0.717, 1.165) is 31.5 Å². The predicted octanol–water partition coefficient (Wildman–Crippen LogP) is 4.84. The highest BCUT2D eigenvalue weighted by Crippen LogP contribution is 2.24. The SMILES string of the molecule is CCCNC(CCc1cccs1)c1cc(F)c(F)c(F)c1. The van der Waals surface area contributed by atoms with Crippen molar-refractivity contribution in [2.75, 3.05) is 6.54 Å². The molecule has 1 unspecified atom stereocenters. The molecule has 0 spiro atoms. The molecule has 0 saturated carbocycles. The molecule has 5 heteroatoms. The second-order valence-corrected chi connectivity index (χ2v) is 5.96. The minimum atomic E-state index is -1.41. The molecule has 1 heterocycles. The molecule has 2 aromatic rings. The number of aryl methyl sites for hydroxylation is 1. The van der Waals surface area contributed by atoms with Crippen molar-refractivity contribution in [3.63, 3.8) is 0 Å². The lowest BCUT2D eigenvalue weighted by atomic mass is 10.0. The molecule has 1 aromatic carbocycles. The lowest BCUT2D eigenvalue weighted by molar-refractivity contribution is 0.435. The van der Waals surface area contributed by atoms with Crippen molar-refractivity contribution in [2.24, 2.45) is 0 Å². The summed E-state index contributed by atoms with van der Waals surface area (Å²) in [5, 5.41) is 5.27. The van der Waals surface area contributed by atoms with E-state index in [0.29, 0.717) is 12.0 Å². The van der Waals surface area contributed by atoms with Gasteiger partial charge in [-0.15, -0.1) is 11.3 Å². The molecular formula is C16H18F3NS. The third-order valence-corrected chi connectivity index (χ3v) is 4.24. The zero-order valence-electron chi connectivity index (χ0n) is 11.8. The summed E-state index contributed by atoms with van der Waals surface area (Å²) in [6.45, 7) is 2.77. The van der Waals surface area contributed by atoms with E-state index in [4.69, 9.17) is 0 Å². The highest BCUT2D eigenvalue weighted by atomic mass is 32.1. The molecule has 1 atom stereocenters. The lowest BCUT2D eigenvalue weighted by Gasteiger charge is -2.19. The summed E-state index contributed by atoms with van der Waals surface area (Å²) >= 11 is 1.66. The van der Waals surface area contributed by atoms with E-state index in [-0.39, 0.29) is 6.04 Å². The maximum atomic E-state index is 13.4. The molecule has 0 amide bonds. The van der Waals surface area contributed by atoms with E-state index in [1.165, 1.54) is 4.88 Å². The molecular weight excluding hydrogens is 295 g/mol. The van der Waals surface area contributed by atoms with E-state index in [1.807, 2.05) is 24.4 Å². The summed E-state index contributed by atoms with van der Waals surface area (Å²) in [6.07, 6.45) is 2.45. The molecule has 21 heavy (non-hydrogen) atoms. The summed E-state index contributed by atoms with van der Waals surface area (Å²) in [5.74, 6) is -3.68. The van der Waals surface area contributed by atoms with Gasteiger partial charge in [0.2, 0.25) is 0 Å². The molecule has 1 aromatic heterocycles. The third kappa shape index (κ3) is 4.32. The summed E-state index contributed by atoms with van der Waals surface area (Å²) in [7, 11) is 0. The van der Waals surface area contributed by atoms with Crippen molar-refractivity contribution in [3.05, 3.63) is 57.5 Å². The largest absolute Gasteiger partial charge is 0.310 e. The van der Waals surface area contributed by atoms with Gasteiger partial charge < -0.3 is 5.32 Å². The average molecular weight is 313 g/mol. The van der Waals surface area contributed by atoms with Gasteiger partial charge in [-0.05, 0) is 54.9 Å². The van der Waals surface area contributed by atoms with E-state index in [1.54, 1.807) is 11.3 Å². The van der Waals surface area contributed by atoms with Crippen LogP contribution in [0.1, 0.15) is 36.2 Å². The fourth-order valence-electron chi connectivity index (χ4n) is 2.22. The van der Waals surface area contributed by atoms with Crippen LogP contribution in [0.25, 0.3) is 0 Å². The van der Waals surface area contributed by atoms with Crippen LogP contribution in [0.5, 0.6) is 0 Å². The molecule has 0 bridgehead atoms. The Morgan fingerprint density at radius 1 is 1.19 bits per heavy atom.